The van der Waals surface area contributed by atoms with Crippen LogP contribution in [0.5, 0.6) is 11.5 Å². The highest BCUT2D eigenvalue weighted by molar-refractivity contribution is 5.41. The van der Waals surface area contributed by atoms with Crippen LogP contribution in [0.3, 0.4) is 0 Å². The second kappa shape index (κ2) is 5.53. The molecule has 5 heteroatoms. The summed E-state index contributed by atoms with van der Waals surface area (Å²) in [4.78, 5) is 4.46. The highest BCUT2D eigenvalue weighted by atomic mass is 19.1. The molecule has 4 nitrogen and oxygen atoms in total. The van der Waals surface area contributed by atoms with Crippen LogP contribution in [0, 0.1) is 5.82 Å². The lowest BCUT2D eigenvalue weighted by molar-refractivity contribution is 0.140. The van der Waals surface area contributed by atoms with Crippen LogP contribution in [0.1, 0.15) is 5.56 Å². The average Bonchev–Trinajstić information content (AvgIpc) is 2.26. The quantitative estimate of drug-likeness (QED) is 0.752. The SMILES string of the molecule is COc1cc(CCON)c(OC)cc1F. The van der Waals surface area contributed by atoms with E-state index >= 15 is 0 Å². The molecule has 0 aliphatic heterocycles. The zero-order valence-corrected chi connectivity index (χ0v) is 8.75. The maximum atomic E-state index is 13.3. The van der Waals surface area contributed by atoms with E-state index < -0.39 is 5.82 Å². The molecule has 0 saturated carbocycles. The molecule has 1 rings (SSSR count). The van der Waals surface area contributed by atoms with Gasteiger partial charge in [-0.3, -0.25) is 0 Å². The topological polar surface area (TPSA) is 53.7 Å². The van der Waals surface area contributed by atoms with Crippen LogP contribution in [0.15, 0.2) is 12.1 Å². The van der Waals surface area contributed by atoms with E-state index in [1.54, 1.807) is 6.07 Å². The zero-order chi connectivity index (χ0) is 11.3. The van der Waals surface area contributed by atoms with E-state index in [1.165, 1.54) is 20.3 Å². The molecule has 1 aromatic carbocycles. The third kappa shape index (κ3) is 2.81. The van der Waals surface area contributed by atoms with E-state index in [4.69, 9.17) is 15.4 Å². The highest BCUT2D eigenvalue weighted by Gasteiger charge is 2.10. The molecule has 0 radical (unpaired) electrons. The van der Waals surface area contributed by atoms with Gasteiger partial charge in [0.2, 0.25) is 0 Å². The van der Waals surface area contributed by atoms with Gasteiger partial charge in [0.25, 0.3) is 0 Å². The number of hydrogen-bond acceptors (Lipinski definition) is 4. The van der Waals surface area contributed by atoms with Gasteiger partial charge in [-0.05, 0) is 6.07 Å². The zero-order valence-electron chi connectivity index (χ0n) is 8.75. The third-order valence-electron chi connectivity index (χ3n) is 2.04. The monoisotopic (exact) mass is 215 g/mol. The average molecular weight is 215 g/mol. The number of methoxy groups -OCH3 is 2. The predicted molar refractivity (Wildman–Crippen MR) is 53.3 cm³/mol. The molecule has 0 aromatic heterocycles. The molecule has 0 bridgehead atoms. The lowest BCUT2D eigenvalue weighted by Crippen LogP contribution is -2.05. The van der Waals surface area contributed by atoms with E-state index in [0.717, 1.165) is 5.56 Å². The molecular weight excluding hydrogens is 201 g/mol. The molecule has 0 fully saturated rings. The second-order valence-electron chi connectivity index (χ2n) is 2.92. The van der Waals surface area contributed by atoms with Gasteiger partial charge in [-0.2, -0.15) is 0 Å². The van der Waals surface area contributed by atoms with Gasteiger partial charge >= 0.3 is 0 Å². The molecule has 0 heterocycles. The van der Waals surface area contributed by atoms with E-state index in [0.29, 0.717) is 18.8 Å². The van der Waals surface area contributed by atoms with Crippen molar-refractivity contribution in [1.82, 2.24) is 0 Å². The highest BCUT2D eigenvalue weighted by Crippen LogP contribution is 2.27. The van der Waals surface area contributed by atoms with Gasteiger partial charge < -0.3 is 14.3 Å². The maximum Gasteiger partial charge on any atom is 0.168 e. The Kier molecular flexibility index (Phi) is 4.33. The maximum absolute atomic E-state index is 13.3. The molecule has 2 N–H and O–H groups in total. The van der Waals surface area contributed by atoms with Gasteiger partial charge in [0.15, 0.2) is 11.6 Å². The molecule has 84 valence electrons. The summed E-state index contributed by atoms with van der Waals surface area (Å²) in [6.45, 7) is 0.338. The summed E-state index contributed by atoms with van der Waals surface area (Å²) in [7, 11) is 2.89. The molecule has 1 aromatic rings. The minimum atomic E-state index is -0.452. The van der Waals surface area contributed by atoms with Crippen LogP contribution >= 0.6 is 0 Å². The van der Waals surface area contributed by atoms with Crippen molar-refractivity contribution in [3.63, 3.8) is 0 Å². The summed E-state index contributed by atoms with van der Waals surface area (Å²) in [5.41, 5.74) is 0.793. The van der Waals surface area contributed by atoms with Crippen LogP contribution in [-0.2, 0) is 11.3 Å². The van der Waals surface area contributed by atoms with E-state index in [9.17, 15) is 4.39 Å². The van der Waals surface area contributed by atoms with Crippen molar-refractivity contribution in [3.8, 4) is 11.5 Å². The van der Waals surface area contributed by atoms with Crippen molar-refractivity contribution in [2.75, 3.05) is 20.8 Å². The molecule has 0 aliphatic rings. The van der Waals surface area contributed by atoms with Crippen LogP contribution in [0.25, 0.3) is 0 Å². The number of rotatable bonds is 5. The Labute approximate surface area is 87.7 Å². The van der Waals surface area contributed by atoms with Crippen molar-refractivity contribution in [1.29, 1.82) is 0 Å². The Balaban J connectivity index is 2.99. The summed E-state index contributed by atoms with van der Waals surface area (Å²) in [6, 6.07) is 2.86. The minimum absolute atomic E-state index is 0.183. The van der Waals surface area contributed by atoms with Crippen LogP contribution in [0.4, 0.5) is 4.39 Å². The van der Waals surface area contributed by atoms with Gasteiger partial charge in [0.05, 0.1) is 20.8 Å². The summed E-state index contributed by atoms with van der Waals surface area (Å²) in [5, 5.41) is 0. The largest absolute Gasteiger partial charge is 0.496 e. The molecule has 0 aliphatic carbocycles. The van der Waals surface area contributed by atoms with Crippen molar-refractivity contribution < 1.29 is 18.7 Å². The first-order valence-corrected chi connectivity index (χ1v) is 4.45. The van der Waals surface area contributed by atoms with Gasteiger partial charge in [-0.1, -0.05) is 0 Å². The number of benzene rings is 1. The first kappa shape index (κ1) is 11.7. The first-order chi connectivity index (χ1) is 7.22. The van der Waals surface area contributed by atoms with Gasteiger partial charge in [-0.25, -0.2) is 10.3 Å². The van der Waals surface area contributed by atoms with Crippen molar-refractivity contribution in [3.05, 3.63) is 23.5 Å². The Morgan fingerprint density at radius 3 is 2.40 bits per heavy atom. The van der Waals surface area contributed by atoms with Crippen molar-refractivity contribution in [2.24, 2.45) is 5.90 Å². The molecule has 0 unspecified atom stereocenters. The Hall–Kier alpha value is -1.33. The van der Waals surface area contributed by atoms with Gasteiger partial charge in [0.1, 0.15) is 5.75 Å². The number of hydrogen-bond donors (Lipinski definition) is 1. The summed E-state index contributed by atoms with van der Waals surface area (Å²) < 4.78 is 23.2. The molecule has 0 atom stereocenters. The number of nitrogens with two attached hydrogens (primary N) is 1. The fourth-order valence-electron chi connectivity index (χ4n) is 1.29. The molecule has 0 spiro atoms. The predicted octanol–water partition coefficient (Wildman–Crippen LogP) is 1.28. The van der Waals surface area contributed by atoms with Crippen molar-refractivity contribution in [2.45, 2.75) is 6.42 Å². The fourth-order valence-corrected chi connectivity index (χ4v) is 1.29. The Morgan fingerprint density at radius 1 is 1.20 bits per heavy atom. The van der Waals surface area contributed by atoms with Crippen molar-refractivity contribution >= 4 is 0 Å². The lowest BCUT2D eigenvalue weighted by atomic mass is 10.1. The summed E-state index contributed by atoms with van der Waals surface area (Å²) in [5.74, 6) is 5.12. The minimum Gasteiger partial charge on any atom is -0.496 e. The smallest absolute Gasteiger partial charge is 0.168 e. The Bertz CT molecular complexity index is 331. The Morgan fingerprint density at radius 2 is 1.87 bits per heavy atom. The van der Waals surface area contributed by atoms with Crippen LogP contribution in [-0.4, -0.2) is 20.8 Å². The summed E-state index contributed by atoms with van der Waals surface area (Å²) >= 11 is 0. The number of halogens is 1. The number of ether oxygens (including phenoxy) is 2. The third-order valence-corrected chi connectivity index (χ3v) is 2.04. The van der Waals surface area contributed by atoms with E-state index in [2.05, 4.69) is 4.84 Å². The second-order valence-corrected chi connectivity index (χ2v) is 2.92. The fraction of sp³-hybridized carbons (Fsp3) is 0.400. The van der Waals surface area contributed by atoms with Gasteiger partial charge in [0, 0.05) is 18.1 Å². The van der Waals surface area contributed by atoms with Crippen LogP contribution < -0.4 is 15.4 Å². The molecule has 0 saturated heterocycles. The standard InChI is InChI=1S/C10H14FNO3/c1-13-9-6-8(11)10(14-2)5-7(9)3-4-15-12/h5-6H,3-4,12H2,1-2H3. The first-order valence-electron chi connectivity index (χ1n) is 4.45. The lowest BCUT2D eigenvalue weighted by Gasteiger charge is -2.10. The molecule has 0 amide bonds. The van der Waals surface area contributed by atoms with Crippen LogP contribution in [0.2, 0.25) is 0 Å². The van der Waals surface area contributed by atoms with E-state index in [1.807, 2.05) is 0 Å². The normalized spacial score (nSPS) is 10.1. The molecule has 15 heavy (non-hydrogen) atoms. The summed E-state index contributed by atoms with van der Waals surface area (Å²) in [6.07, 6.45) is 0.538. The molecular formula is C10H14FNO3. The van der Waals surface area contributed by atoms with Gasteiger partial charge in [-0.15, -0.1) is 0 Å². The van der Waals surface area contributed by atoms with E-state index in [-0.39, 0.29) is 5.75 Å².